The molecular weight excluding hydrogens is 360 g/mol. The average molecular weight is 376 g/mol. The topological polar surface area (TPSA) is 77.7 Å². The molecule has 0 saturated heterocycles. The van der Waals surface area contributed by atoms with E-state index in [-0.39, 0.29) is 4.90 Å². The van der Waals surface area contributed by atoms with Crippen molar-refractivity contribution < 1.29 is 17.9 Å². The van der Waals surface area contributed by atoms with Crippen molar-refractivity contribution in [1.29, 1.82) is 0 Å². The van der Waals surface area contributed by atoms with Gasteiger partial charge in [-0.15, -0.1) is 4.40 Å². The summed E-state index contributed by atoms with van der Waals surface area (Å²) in [5, 5.41) is 0. The molecule has 0 amide bonds. The highest BCUT2D eigenvalue weighted by atomic mass is 32.2. The fourth-order valence-electron chi connectivity index (χ4n) is 2.44. The second kappa shape index (κ2) is 6.81. The number of hydrogen-bond donors (Lipinski definition) is 0. The molecule has 3 aromatic rings. The normalized spacial score (nSPS) is 12.5. The highest BCUT2D eigenvalue weighted by Crippen LogP contribution is 2.20. The van der Waals surface area contributed by atoms with Crippen LogP contribution in [0.1, 0.15) is 17.3 Å². The number of thiazole rings is 1. The fraction of sp³-hybridized carbons (Fsp3) is 0.176. The van der Waals surface area contributed by atoms with Crippen molar-refractivity contribution in [3.63, 3.8) is 0 Å². The van der Waals surface area contributed by atoms with Gasteiger partial charge < -0.3 is 9.30 Å². The Morgan fingerprint density at radius 1 is 1.20 bits per heavy atom. The Balaban J connectivity index is 2.21. The summed E-state index contributed by atoms with van der Waals surface area (Å²) in [6.45, 7) is 2.47. The molecule has 8 heteroatoms. The predicted octanol–water partition coefficient (Wildman–Crippen LogP) is 2.80. The zero-order chi connectivity index (χ0) is 18.0. The number of sulfonamides is 1. The highest BCUT2D eigenvalue weighted by Gasteiger charge is 2.15. The van der Waals surface area contributed by atoms with E-state index in [9.17, 15) is 13.2 Å². The Kier molecular flexibility index (Phi) is 4.73. The van der Waals surface area contributed by atoms with E-state index in [4.69, 9.17) is 4.74 Å². The van der Waals surface area contributed by atoms with Gasteiger partial charge in [-0.3, -0.25) is 0 Å². The smallest absolute Gasteiger partial charge is 0.337 e. The lowest BCUT2D eigenvalue weighted by Gasteiger charge is -2.02. The number of nitrogens with zero attached hydrogens (tertiary/aromatic N) is 2. The third kappa shape index (κ3) is 3.35. The van der Waals surface area contributed by atoms with Gasteiger partial charge in [-0.1, -0.05) is 29.5 Å². The molecule has 0 atom stereocenters. The Hall–Kier alpha value is -2.45. The van der Waals surface area contributed by atoms with E-state index in [2.05, 4.69) is 4.40 Å². The number of carbonyl (C=O) groups is 1. The SMILES string of the molecule is CCn1/c(=N/S(=O)(=O)c2ccccc2)sc2cc(C(=O)OC)ccc21. The number of carbonyl (C=O) groups excluding carboxylic acids is 1. The number of methoxy groups -OCH3 is 1. The van der Waals surface area contributed by atoms with Gasteiger partial charge >= 0.3 is 5.97 Å². The molecule has 1 aromatic heterocycles. The number of benzene rings is 2. The van der Waals surface area contributed by atoms with Crippen LogP contribution in [0.15, 0.2) is 57.8 Å². The molecule has 0 saturated carbocycles. The summed E-state index contributed by atoms with van der Waals surface area (Å²) in [6, 6.07) is 13.2. The van der Waals surface area contributed by atoms with Gasteiger partial charge in [-0.2, -0.15) is 8.42 Å². The van der Waals surface area contributed by atoms with Crippen LogP contribution >= 0.6 is 11.3 Å². The second-order valence-corrected chi connectivity index (χ2v) is 7.80. The first kappa shape index (κ1) is 17.4. The van der Waals surface area contributed by atoms with Crippen molar-refractivity contribution in [2.24, 2.45) is 4.40 Å². The zero-order valence-electron chi connectivity index (χ0n) is 13.7. The molecular formula is C17H16N2O4S2. The number of aromatic nitrogens is 1. The maximum atomic E-state index is 12.5. The monoisotopic (exact) mass is 376 g/mol. The Morgan fingerprint density at radius 3 is 2.56 bits per heavy atom. The van der Waals surface area contributed by atoms with Gasteiger partial charge in [-0.05, 0) is 37.3 Å². The number of aryl methyl sites for hydroxylation is 1. The van der Waals surface area contributed by atoms with E-state index >= 15 is 0 Å². The number of fused-ring (bicyclic) bond motifs is 1. The molecule has 0 N–H and O–H groups in total. The second-order valence-electron chi connectivity index (χ2n) is 5.18. The molecule has 0 aliphatic rings. The molecule has 0 aliphatic heterocycles. The van der Waals surface area contributed by atoms with Gasteiger partial charge in [0.2, 0.25) is 4.80 Å². The minimum atomic E-state index is -3.80. The highest BCUT2D eigenvalue weighted by molar-refractivity contribution is 7.90. The summed E-state index contributed by atoms with van der Waals surface area (Å²) in [5.74, 6) is -0.436. The van der Waals surface area contributed by atoms with Crippen LogP contribution in [0, 0.1) is 0 Å². The van der Waals surface area contributed by atoms with Gasteiger partial charge in [0.05, 0.1) is 27.8 Å². The van der Waals surface area contributed by atoms with Crippen molar-refractivity contribution in [3.8, 4) is 0 Å². The number of rotatable bonds is 4. The minimum absolute atomic E-state index is 0.144. The number of hydrogen-bond acceptors (Lipinski definition) is 5. The Labute approximate surface area is 149 Å². The molecule has 0 fully saturated rings. The number of ether oxygens (including phenoxy) is 1. The maximum Gasteiger partial charge on any atom is 0.337 e. The molecule has 0 aliphatic carbocycles. The molecule has 0 radical (unpaired) electrons. The van der Waals surface area contributed by atoms with Crippen LogP contribution in [0.25, 0.3) is 10.2 Å². The quantitative estimate of drug-likeness (QED) is 0.656. The van der Waals surface area contributed by atoms with Crippen LogP contribution in [-0.4, -0.2) is 26.1 Å². The third-order valence-electron chi connectivity index (χ3n) is 3.66. The summed E-state index contributed by atoms with van der Waals surface area (Å²) in [6.07, 6.45) is 0. The first-order valence-electron chi connectivity index (χ1n) is 7.54. The van der Waals surface area contributed by atoms with E-state index in [0.29, 0.717) is 16.9 Å². The zero-order valence-corrected chi connectivity index (χ0v) is 15.3. The van der Waals surface area contributed by atoms with Crippen LogP contribution in [-0.2, 0) is 21.3 Å². The van der Waals surface area contributed by atoms with E-state index in [1.165, 1.54) is 30.6 Å². The van der Waals surface area contributed by atoms with Crippen molar-refractivity contribution in [2.45, 2.75) is 18.4 Å². The summed E-state index contributed by atoms with van der Waals surface area (Å²) < 4.78 is 36.3. The summed E-state index contributed by atoms with van der Waals surface area (Å²) >= 11 is 1.22. The van der Waals surface area contributed by atoms with Gasteiger partial charge in [0.15, 0.2) is 0 Å². The van der Waals surface area contributed by atoms with Crippen LogP contribution < -0.4 is 4.80 Å². The number of esters is 1. The molecule has 3 rings (SSSR count). The van der Waals surface area contributed by atoms with Crippen molar-refractivity contribution in [1.82, 2.24) is 4.57 Å². The van der Waals surface area contributed by atoms with Gasteiger partial charge in [0.1, 0.15) is 0 Å². The van der Waals surface area contributed by atoms with Crippen LogP contribution in [0.2, 0.25) is 0 Å². The predicted molar refractivity (Wildman–Crippen MR) is 96.0 cm³/mol. The maximum absolute atomic E-state index is 12.5. The molecule has 1 heterocycles. The molecule has 130 valence electrons. The fourth-order valence-corrected chi connectivity index (χ4v) is 4.80. The average Bonchev–Trinajstić information content (AvgIpc) is 2.97. The largest absolute Gasteiger partial charge is 0.465 e. The van der Waals surface area contributed by atoms with E-state index in [1.54, 1.807) is 36.4 Å². The van der Waals surface area contributed by atoms with Crippen molar-refractivity contribution >= 4 is 37.5 Å². The van der Waals surface area contributed by atoms with Gasteiger partial charge in [0, 0.05) is 6.54 Å². The lowest BCUT2D eigenvalue weighted by Crippen LogP contribution is -2.16. The first-order chi connectivity index (χ1) is 12.0. The summed E-state index contributed by atoms with van der Waals surface area (Å²) in [5.41, 5.74) is 1.24. The molecule has 0 unspecified atom stereocenters. The standard InChI is InChI=1S/C17H16N2O4S2/c1-3-19-14-10-9-12(16(20)23-2)11-15(14)24-17(19)18-25(21,22)13-7-5-4-6-8-13/h4-11H,3H2,1-2H3/b18-17-. The third-order valence-corrected chi connectivity index (χ3v) is 6.10. The molecule has 6 nitrogen and oxygen atoms in total. The van der Waals surface area contributed by atoms with E-state index < -0.39 is 16.0 Å². The van der Waals surface area contributed by atoms with Crippen LogP contribution in [0.3, 0.4) is 0 Å². The van der Waals surface area contributed by atoms with Gasteiger partial charge in [0.25, 0.3) is 10.0 Å². The van der Waals surface area contributed by atoms with E-state index in [1.807, 2.05) is 11.5 Å². The summed E-state index contributed by atoms with van der Waals surface area (Å²) in [4.78, 5) is 12.2. The molecule has 0 bridgehead atoms. The van der Waals surface area contributed by atoms with Crippen LogP contribution in [0.4, 0.5) is 0 Å². The minimum Gasteiger partial charge on any atom is -0.465 e. The van der Waals surface area contributed by atoms with E-state index in [0.717, 1.165) is 10.2 Å². The van der Waals surface area contributed by atoms with Crippen LogP contribution in [0.5, 0.6) is 0 Å². The lowest BCUT2D eigenvalue weighted by atomic mass is 10.2. The molecule has 2 aromatic carbocycles. The van der Waals surface area contributed by atoms with Crippen molar-refractivity contribution in [2.75, 3.05) is 7.11 Å². The first-order valence-corrected chi connectivity index (χ1v) is 9.79. The Bertz CT molecular complexity index is 1100. The van der Waals surface area contributed by atoms with Crippen molar-refractivity contribution in [3.05, 3.63) is 58.9 Å². The molecule has 0 spiro atoms. The van der Waals surface area contributed by atoms with Gasteiger partial charge in [-0.25, -0.2) is 4.79 Å². The summed E-state index contributed by atoms with van der Waals surface area (Å²) in [7, 11) is -2.48. The lowest BCUT2D eigenvalue weighted by molar-refractivity contribution is 0.0601. The Morgan fingerprint density at radius 2 is 1.92 bits per heavy atom. The molecule has 25 heavy (non-hydrogen) atoms.